The van der Waals surface area contributed by atoms with Crippen molar-refractivity contribution in [3.8, 4) is 0 Å². The molecule has 3 N–H and O–H groups in total. The zero-order valence-electron chi connectivity index (χ0n) is 8.73. The Kier molecular flexibility index (Phi) is 5.00. The van der Waals surface area contributed by atoms with Gasteiger partial charge in [0, 0.05) is 18.5 Å². The molecule has 0 saturated heterocycles. The lowest BCUT2D eigenvalue weighted by Gasteiger charge is -2.16. The summed E-state index contributed by atoms with van der Waals surface area (Å²) in [6, 6.07) is 2.21. The molecule has 0 fully saturated rings. The summed E-state index contributed by atoms with van der Waals surface area (Å²) < 4.78 is 1.97. The third kappa shape index (κ3) is 2.73. The van der Waals surface area contributed by atoms with E-state index in [1.807, 2.05) is 28.7 Å². The number of hydrogen-bond acceptors (Lipinski definition) is 4. The third-order valence-electron chi connectivity index (χ3n) is 2.10. The van der Waals surface area contributed by atoms with Gasteiger partial charge < -0.3 is 0 Å². The second-order valence-electron chi connectivity index (χ2n) is 2.95. The first-order valence-corrected chi connectivity index (χ1v) is 6.04. The standard InChI is InChI=1S/C9H18N4S/c1-3-13-9(5-6-11-13)8(12-10)7-14-4-2/h5-6,8,12H,3-4,7,10H2,1-2H3. The monoisotopic (exact) mass is 214 g/mol. The average molecular weight is 214 g/mol. The van der Waals surface area contributed by atoms with Crippen LogP contribution in [0.5, 0.6) is 0 Å². The predicted octanol–water partition coefficient (Wildman–Crippen LogP) is 1.16. The number of rotatable bonds is 6. The molecule has 0 radical (unpaired) electrons. The molecule has 0 aliphatic heterocycles. The third-order valence-corrected chi connectivity index (χ3v) is 3.07. The van der Waals surface area contributed by atoms with Crippen LogP contribution in [0.4, 0.5) is 0 Å². The SMILES string of the molecule is CCSCC(NN)c1ccnn1CC. The second-order valence-corrected chi connectivity index (χ2v) is 4.27. The number of aryl methyl sites for hydroxylation is 1. The van der Waals surface area contributed by atoms with Crippen molar-refractivity contribution in [3.05, 3.63) is 18.0 Å². The van der Waals surface area contributed by atoms with Gasteiger partial charge in [-0.3, -0.25) is 16.0 Å². The van der Waals surface area contributed by atoms with Crippen LogP contribution in [0.15, 0.2) is 12.3 Å². The smallest absolute Gasteiger partial charge is 0.0719 e. The van der Waals surface area contributed by atoms with E-state index in [0.717, 1.165) is 23.7 Å². The number of nitrogens with zero attached hydrogens (tertiary/aromatic N) is 2. The largest absolute Gasteiger partial charge is 0.271 e. The molecule has 4 nitrogen and oxygen atoms in total. The van der Waals surface area contributed by atoms with E-state index in [2.05, 4.69) is 24.4 Å². The van der Waals surface area contributed by atoms with E-state index < -0.39 is 0 Å². The van der Waals surface area contributed by atoms with Gasteiger partial charge in [-0.2, -0.15) is 16.9 Å². The highest BCUT2D eigenvalue weighted by molar-refractivity contribution is 7.99. The Balaban J connectivity index is 2.67. The maximum absolute atomic E-state index is 5.52. The summed E-state index contributed by atoms with van der Waals surface area (Å²) in [7, 11) is 0. The van der Waals surface area contributed by atoms with Gasteiger partial charge >= 0.3 is 0 Å². The topological polar surface area (TPSA) is 55.9 Å². The highest BCUT2D eigenvalue weighted by Crippen LogP contribution is 2.16. The summed E-state index contributed by atoms with van der Waals surface area (Å²) in [5, 5.41) is 4.22. The van der Waals surface area contributed by atoms with Gasteiger partial charge in [0.2, 0.25) is 0 Å². The normalized spacial score (nSPS) is 13.1. The van der Waals surface area contributed by atoms with Gasteiger partial charge in [0.05, 0.1) is 11.7 Å². The average Bonchev–Trinajstić information content (AvgIpc) is 2.67. The van der Waals surface area contributed by atoms with E-state index in [1.54, 1.807) is 0 Å². The van der Waals surface area contributed by atoms with Crippen molar-refractivity contribution < 1.29 is 0 Å². The summed E-state index contributed by atoms with van der Waals surface area (Å²) in [5.41, 5.74) is 4.00. The van der Waals surface area contributed by atoms with Gasteiger partial charge in [0.25, 0.3) is 0 Å². The van der Waals surface area contributed by atoms with Gasteiger partial charge in [0.1, 0.15) is 0 Å². The van der Waals surface area contributed by atoms with Crippen molar-refractivity contribution in [2.45, 2.75) is 26.4 Å². The lowest BCUT2D eigenvalue weighted by molar-refractivity contribution is 0.528. The van der Waals surface area contributed by atoms with Crippen molar-refractivity contribution in [2.75, 3.05) is 11.5 Å². The molecule has 1 unspecified atom stereocenters. The summed E-state index contributed by atoms with van der Waals surface area (Å²) >= 11 is 1.87. The molecule has 0 aliphatic carbocycles. The van der Waals surface area contributed by atoms with Gasteiger partial charge in [0.15, 0.2) is 0 Å². The lowest BCUT2D eigenvalue weighted by atomic mass is 10.2. The number of nitrogens with two attached hydrogens (primary N) is 1. The fraction of sp³-hybridized carbons (Fsp3) is 0.667. The fourth-order valence-corrected chi connectivity index (χ4v) is 2.10. The Morgan fingerprint density at radius 1 is 1.64 bits per heavy atom. The van der Waals surface area contributed by atoms with Crippen LogP contribution in [0.1, 0.15) is 25.6 Å². The zero-order chi connectivity index (χ0) is 10.4. The van der Waals surface area contributed by atoms with Gasteiger partial charge in [-0.1, -0.05) is 6.92 Å². The first kappa shape index (κ1) is 11.6. The second kappa shape index (κ2) is 6.06. The van der Waals surface area contributed by atoms with E-state index in [9.17, 15) is 0 Å². The van der Waals surface area contributed by atoms with Crippen LogP contribution in [0.3, 0.4) is 0 Å². The minimum atomic E-state index is 0.197. The molecule has 1 aromatic rings. The van der Waals surface area contributed by atoms with Crippen LogP contribution < -0.4 is 11.3 Å². The molecule has 0 bridgehead atoms. The molecule has 0 saturated carbocycles. The van der Waals surface area contributed by atoms with Crippen molar-refractivity contribution >= 4 is 11.8 Å². The Labute approximate surface area is 89.2 Å². The molecule has 14 heavy (non-hydrogen) atoms. The van der Waals surface area contributed by atoms with Crippen molar-refractivity contribution in [1.82, 2.24) is 15.2 Å². The molecule has 1 heterocycles. The maximum atomic E-state index is 5.52. The molecule has 80 valence electrons. The summed E-state index contributed by atoms with van der Waals surface area (Å²) in [4.78, 5) is 0. The van der Waals surface area contributed by atoms with E-state index in [4.69, 9.17) is 5.84 Å². The Hall–Kier alpha value is -0.520. The number of nitrogens with one attached hydrogen (secondary N) is 1. The minimum absolute atomic E-state index is 0.197. The number of aromatic nitrogens is 2. The highest BCUT2D eigenvalue weighted by Gasteiger charge is 2.13. The Morgan fingerprint density at radius 3 is 3.00 bits per heavy atom. The van der Waals surface area contributed by atoms with Gasteiger partial charge in [-0.15, -0.1) is 0 Å². The zero-order valence-corrected chi connectivity index (χ0v) is 9.55. The van der Waals surface area contributed by atoms with E-state index in [0.29, 0.717) is 0 Å². The minimum Gasteiger partial charge on any atom is -0.271 e. The molecule has 5 heteroatoms. The fourth-order valence-electron chi connectivity index (χ4n) is 1.36. The summed E-state index contributed by atoms with van der Waals surface area (Å²) in [6.45, 7) is 5.11. The summed E-state index contributed by atoms with van der Waals surface area (Å²) in [5.74, 6) is 7.62. The van der Waals surface area contributed by atoms with Crippen LogP contribution in [-0.2, 0) is 6.54 Å². The molecule has 0 amide bonds. The van der Waals surface area contributed by atoms with Gasteiger partial charge in [-0.05, 0) is 18.7 Å². The Bertz CT molecular complexity index is 261. The molecular formula is C9H18N4S. The van der Waals surface area contributed by atoms with Crippen molar-refractivity contribution in [2.24, 2.45) is 5.84 Å². The lowest BCUT2D eigenvalue weighted by Crippen LogP contribution is -2.31. The van der Waals surface area contributed by atoms with Crippen LogP contribution in [-0.4, -0.2) is 21.3 Å². The summed E-state index contributed by atoms with van der Waals surface area (Å²) in [6.07, 6.45) is 1.82. The van der Waals surface area contributed by atoms with Crippen molar-refractivity contribution in [1.29, 1.82) is 0 Å². The van der Waals surface area contributed by atoms with E-state index in [-0.39, 0.29) is 6.04 Å². The quantitative estimate of drug-likeness (QED) is 0.551. The molecule has 1 atom stereocenters. The molecule has 0 aliphatic rings. The molecule has 0 spiro atoms. The van der Waals surface area contributed by atoms with Crippen LogP contribution >= 0.6 is 11.8 Å². The molecule has 1 rings (SSSR count). The van der Waals surface area contributed by atoms with Crippen LogP contribution in [0.25, 0.3) is 0 Å². The van der Waals surface area contributed by atoms with Crippen LogP contribution in [0, 0.1) is 0 Å². The van der Waals surface area contributed by atoms with Gasteiger partial charge in [-0.25, -0.2) is 0 Å². The predicted molar refractivity (Wildman–Crippen MR) is 61.0 cm³/mol. The number of thioether (sulfide) groups is 1. The van der Waals surface area contributed by atoms with Crippen molar-refractivity contribution in [3.63, 3.8) is 0 Å². The van der Waals surface area contributed by atoms with Crippen LogP contribution in [0.2, 0.25) is 0 Å². The first-order chi connectivity index (χ1) is 6.83. The van der Waals surface area contributed by atoms with E-state index in [1.165, 1.54) is 0 Å². The molecule has 1 aromatic heterocycles. The maximum Gasteiger partial charge on any atom is 0.0719 e. The molecular weight excluding hydrogens is 196 g/mol. The molecule has 0 aromatic carbocycles. The first-order valence-electron chi connectivity index (χ1n) is 4.89. The highest BCUT2D eigenvalue weighted by atomic mass is 32.2. The Morgan fingerprint density at radius 2 is 2.43 bits per heavy atom. The van der Waals surface area contributed by atoms with E-state index >= 15 is 0 Å². The number of hydrazine groups is 1. The number of hydrogen-bond donors (Lipinski definition) is 2.